The molecule has 1 N–H and O–H groups in total. The van der Waals surface area contributed by atoms with Crippen molar-refractivity contribution in [3.8, 4) is 0 Å². The van der Waals surface area contributed by atoms with Crippen LogP contribution in [0, 0.1) is 11.6 Å². The minimum atomic E-state index is -0.877. The molecule has 0 radical (unpaired) electrons. The second kappa shape index (κ2) is 4.47. The minimum absolute atomic E-state index is 0.369. The summed E-state index contributed by atoms with van der Waals surface area (Å²) in [4.78, 5) is 11.7. The summed E-state index contributed by atoms with van der Waals surface area (Å²) in [5.41, 5.74) is -0.924. The van der Waals surface area contributed by atoms with Crippen molar-refractivity contribution >= 4 is 6.09 Å². The Bertz CT molecular complexity index is 484. The predicted molar refractivity (Wildman–Crippen MR) is 66.6 cm³/mol. The molecule has 2 rings (SSSR count). The van der Waals surface area contributed by atoms with E-state index in [1.54, 1.807) is 0 Å². The van der Waals surface area contributed by atoms with Crippen LogP contribution >= 0.6 is 0 Å². The van der Waals surface area contributed by atoms with Crippen LogP contribution in [0.15, 0.2) is 18.2 Å². The van der Waals surface area contributed by atoms with Crippen molar-refractivity contribution in [2.75, 3.05) is 0 Å². The maximum absolute atomic E-state index is 13.2. The smallest absolute Gasteiger partial charge is 0.408 e. The highest BCUT2D eigenvalue weighted by Gasteiger charge is 2.49. The van der Waals surface area contributed by atoms with Gasteiger partial charge in [-0.15, -0.1) is 0 Å². The maximum atomic E-state index is 13.2. The highest BCUT2D eigenvalue weighted by atomic mass is 19.1. The van der Waals surface area contributed by atoms with Gasteiger partial charge in [0.1, 0.15) is 17.2 Å². The zero-order valence-corrected chi connectivity index (χ0v) is 11.2. The average molecular weight is 269 g/mol. The van der Waals surface area contributed by atoms with E-state index in [-0.39, 0.29) is 0 Å². The number of nitrogens with one attached hydrogen (secondary N) is 1. The first-order valence-electron chi connectivity index (χ1n) is 6.18. The van der Waals surface area contributed by atoms with Crippen LogP contribution < -0.4 is 5.32 Å². The molecule has 1 aromatic rings. The average Bonchev–Trinajstić information content (AvgIpc) is 2.93. The van der Waals surface area contributed by atoms with Gasteiger partial charge in [-0.2, -0.15) is 0 Å². The van der Waals surface area contributed by atoms with Gasteiger partial charge in [-0.05, 0) is 45.7 Å². The molecule has 1 saturated carbocycles. The number of hydrogen-bond donors (Lipinski definition) is 1. The maximum Gasteiger partial charge on any atom is 0.408 e. The van der Waals surface area contributed by atoms with Crippen LogP contribution in [-0.2, 0) is 10.3 Å². The van der Waals surface area contributed by atoms with Crippen molar-refractivity contribution in [1.82, 2.24) is 5.32 Å². The molecule has 1 amide bonds. The van der Waals surface area contributed by atoms with Gasteiger partial charge in [0.2, 0.25) is 0 Å². The van der Waals surface area contributed by atoms with E-state index in [0.29, 0.717) is 18.4 Å². The van der Waals surface area contributed by atoms with Gasteiger partial charge in [0, 0.05) is 17.2 Å². The van der Waals surface area contributed by atoms with E-state index in [4.69, 9.17) is 4.74 Å². The van der Waals surface area contributed by atoms with Crippen LogP contribution in [0.25, 0.3) is 0 Å². The van der Waals surface area contributed by atoms with Crippen LogP contribution in [0.3, 0.4) is 0 Å². The van der Waals surface area contributed by atoms with Crippen molar-refractivity contribution in [1.29, 1.82) is 0 Å². The number of amides is 1. The predicted octanol–water partition coefficient (Wildman–Crippen LogP) is 3.48. The Labute approximate surface area is 111 Å². The van der Waals surface area contributed by atoms with Crippen molar-refractivity contribution in [3.05, 3.63) is 35.4 Å². The van der Waals surface area contributed by atoms with Gasteiger partial charge >= 0.3 is 6.09 Å². The Hall–Kier alpha value is -1.65. The zero-order valence-electron chi connectivity index (χ0n) is 11.2. The summed E-state index contributed by atoms with van der Waals surface area (Å²) >= 11 is 0. The van der Waals surface area contributed by atoms with E-state index in [0.717, 1.165) is 6.07 Å². The van der Waals surface area contributed by atoms with Crippen LogP contribution in [0.2, 0.25) is 0 Å². The molecule has 1 aromatic carbocycles. The molecule has 0 aliphatic heterocycles. The van der Waals surface area contributed by atoms with Gasteiger partial charge in [-0.3, -0.25) is 0 Å². The summed E-state index contributed by atoms with van der Waals surface area (Å²) < 4.78 is 31.7. The van der Waals surface area contributed by atoms with Crippen molar-refractivity contribution in [2.24, 2.45) is 0 Å². The highest BCUT2D eigenvalue weighted by Crippen LogP contribution is 2.49. The molecule has 0 saturated heterocycles. The van der Waals surface area contributed by atoms with Gasteiger partial charge in [-0.1, -0.05) is 0 Å². The topological polar surface area (TPSA) is 38.3 Å². The summed E-state index contributed by atoms with van der Waals surface area (Å²) in [6.45, 7) is 5.49. The van der Waals surface area contributed by atoms with Gasteiger partial charge in [-0.25, -0.2) is 13.6 Å². The summed E-state index contributed by atoms with van der Waals surface area (Å²) in [6.07, 6.45) is 0.579. The molecule has 1 aliphatic rings. The monoisotopic (exact) mass is 269 g/mol. The second-order valence-electron chi connectivity index (χ2n) is 5.92. The summed E-state index contributed by atoms with van der Waals surface area (Å²) in [7, 11) is 0. The Morgan fingerprint density at radius 1 is 1.21 bits per heavy atom. The van der Waals surface area contributed by atoms with Crippen molar-refractivity contribution < 1.29 is 18.3 Å². The lowest BCUT2D eigenvalue weighted by Gasteiger charge is -2.23. The van der Waals surface area contributed by atoms with Crippen LogP contribution in [0.5, 0.6) is 0 Å². The van der Waals surface area contributed by atoms with Crippen molar-refractivity contribution in [2.45, 2.75) is 44.8 Å². The third-order valence-electron chi connectivity index (χ3n) is 2.86. The molecular weight excluding hydrogens is 252 g/mol. The summed E-state index contributed by atoms with van der Waals surface area (Å²) in [6, 6.07) is 3.22. The molecule has 0 bridgehead atoms. The SMILES string of the molecule is CC(C)(C)NC(=O)OC1(c2cc(F)cc(F)c2)CC1. The number of alkyl carbamates (subject to hydrolysis) is 1. The number of carbonyl (C=O) groups is 1. The fraction of sp³-hybridized carbons (Fsp3) is 0.500. The molecule has 0 heterocycles. The van der Waals surface area contributed by atoms with Gasteiger partial charge in [0.15, 0.2) is 0 Å². The quantitative estimate of drug-likeness (QED) is 0.892. The molecule has 0 atom stereocenters. The first-order valence-corrected chi connectivity index (χ1v) is 6.18. The first kappa shape index (κ1) is 13.8. The third-order valence-corrected chi connectivity index (χ3v) is 2.86. The van der Waals surface area contributed by atoms with E-state index in [1.807, 2.05) is 20.8 Å². The van der Waals surface area contributed by atoms with E-state index in [9.17, 15) is 13.6 Å². The van der Waals surface area contributed by atoms with Crippen LogP contribution in [-0.4, -0.2) is 11.6 Å². The largest absolute Gasteiger partial charge is 0.438 e. The van der Waals surface area contributed by atoms with Crippen LogP contribution in [0.4, 0.5) is 13.6 Å². The Balaban J connectivity index is 2.13. The van der Waals surface area contributed by atoms with Gasteiger partial charge in [0.05, 0.1) is 0 Å². The second-order valence-corrected chi connectivity index (χ2v) is 5.92. The molecule has 0 aromatic heterocycles. The number of carbonyl (C=O) groups excluding carboxylic acids is 1. The molecule has 3 nitrogen and oxygen atoms in total. The summed E-state index contributed by atoms with van der Waals surface area (Å²) in [5.74, 6) is -1.33. The minimum Gasteiger partial charge on any atom is -0.438 e. The molecule has 0 unspecified atom stereocenters. The number of halogens is 2. The van der Waals surface area contributed by atoms with E-state index >= 15 is 0 Å². The number of hydrogen-bond acceptors (Lipinski definition) is 2. The Morgan fingerprint density at radius 3 is 2.16 bits per heavy atom. The number of ether oxygens (including phenoxy) is 1. The third kappa shape index (κ3) is 3.43. The summed E-state index contributed by atoms with van der Waals surface area (Å²) in [5, 5.41) is 2.67. The molecule has 1 fully saturated rings. The van der Waals surface area contributed by atoms with Crippen LogP contribution in [0.1, 0.15) is 39.2 Å². The zero-order chi connectivity index (χ0) is 14.3. The van der Waals surface area contributed by atoms with Gasteiger partial charge < -0.3 is 10.1 Å². The molecular formula is C14H17F2NO2. The fourth-order valence-electron chi connectivity index (χ4n) is 1.89. The van der Waals surface area contributed by atoms with Gasteiger partial charge in [0.25, 0.3) is 0 Å². The van der Waals surface area contributed by atoms with E-state index in [1.165, 1.54) is 12.1 Å². The lowest BCUT2D eigenvalue weighted by molar-refractivity contribution is 0.0751. The lowest BCUT2D eigenvalue weighted by atomic mass is 10.1. The highest BCUT2D eigenvalue weighted by molar-refractivity contribution is 5.69. The molecule has 1 aliphatic carbocycles. The standard InChI is InChI=1S/C14H17F2NO2/c1-13(2,3)17-12(18)19-14(4-5-14)9-6-10(15)8-11(16)7-9/h6-8H,4-5H2,1-3H3,(H,17,18). The molecule has 0 spiro atoms. The Morgan fingerprint density at radius 2 is 1.74 bits per heavy atom. The normalized spacial score (nSPS) is 16.9. The lowest BCUT2D eigenvalue weighted by Crippen LogP contribution is -2.42. The van der Waals surface area contributed by atoms with E-state index in [2.05, 4.69) is 5.32 Å². The number of benzene rings is 1. The molecule has 19 heavy (non-hydrogen) atoms. The molecule has 104 valence electrons. The number of rotatable bonds is 2. The van der Waals surface area contributed by atoms with E-state index < -0.39 is 28.9 Å². The first-order chi connectivity index (χ1) is 8.70. The fourth-order valence-corrected chi connectivity index (χ4v) is 1.89. The Kier molecular flexibility index (Phi) is 3.24. The van der Waals surface area contributed by atoms with Crippen molar-refractivity contribution in [3.63, 3.8) is 0 Å². The molecule has 5 heteroatoms.